The van der Waals surface area contributed by atoms with Crippen molar-refractivity contribution in [2.45, 2.75) is 45.6 Å². The van der Waals surface area contributed by atoms with E-state index in [-0.39, 0.29) is 5.41 Å². The van der Waals surface area contributed by atoms with Crippen molar-refractivity contribution in [1.29, 1.82) is 0 Å². The van der Waals surface area contributed by atoms with Crippen molar-refractivity contribution in [2.24, 2.45) is 0 Å². The second kappa shape index (κ2) is 5.64. The number of hydrogen-bond acceptors (Lipinski definition) is 2. The zero-order chi connectivity index (χ0) is 14.9. The van der Waals surface area contributed by atoms with Gasteiger partial charge in [0, 0.05) is 37.2 Å². The van der Waals surface area contributed by atoms with Crippen LogP contribution in [0.25, 0.3) is 0 Å². The number of aryl methyl sites for hydroxylation is 3. The molecule has 0 radical (unpaired) electrons. The predicted molar refractivity (Wildman–Crippen MR) is 86.7 cm³/mol. The molecule has 1 aromatic carbocycles. The fourth-order valence-corrected chi connectivity index (χ4v) is 3.28. The summed E-state index contributed by atoms with van der Waals surface area (Å²) in [6.07, 6.45) is 2.08. The molecule has 0 bridgehead atoms. The molecule has 1 saturated heterocycles. The van der Waals surface area contributed by atoms with Crippen molar-refractivity contribution in [2.75, 3.05) is 13.1 Å². The highest BCUT2D eigenvalue weighted by Gasteiger charge is 2.39. The monoisotopic (exact) mass is 283 g/mol. The minimum absolute atomic E-state index is 0.240. The van der Waals surface area contributed by atoms with Crippen molar-refractivity contribution >= 4 is 0 Å². The summed E-state index contributed by atoms with van der Waals surface area (Å²) in [7, 11) is 0. The molecule has 3 nitrogen and oxygen atoms in total. The van der Waals surface area contributed by atoms with Gasteiger partial charge >= 0.3 is 0 Å². The van der Waals surface area contributed by atoms with Crippen LogP contribution in [-0.2, 0) is 24.8 Å². The average Bonchev–Trinajstić information content (AvgIpc) is 2.85. The van der Waals surface area contributed by atoms with E-state index in [9.17, 15) is 0 Å². The number of hydrogen-bond donors (Lipinski definition) is 1. The number of aromatic nitrogens is 2. The molecule has 0 amide bonds. The Morgan fingerprint density at radius 1 is 1.24 bits per heavy atom. The molecule has 0 unspecified atom stereocenters. The van der Waals surface area contributed by atoms with Gasteiger partial charge in [-0.1, -0.05) is 36.8 Å². The first-order valence-electron chi connectivity index (χ1n) is 8.00. The van der Waals surface area contributed by atoms with Gasteiger partial charge in [0.2, 0.25) is 0 Å². The fourth-order valence-electron chi connectivity index (χ4n) is 3.28. The van der Waals surface area contributed by atoms with E-state index < -0.39 is 0 Å². The lowest BCUT2D eigenvalue weighted by Crippen LogP contribution is -2.58. The van der Waals surface area contributed by atoms with Crippen molar-refractivity contribution in [1.82, 2.24) is 15.1 Å². The molecule has 0 atom stereocenters. The Balaban J connectivity index is 1.92. The number of nitrogens with one attached hydrogen (secondary N) is 1. The van der Waals surface area contributed by atoms with Crippen LogP contribution >= 0.6 is 0 Å². The molecule has 0 spiro atoms. The van der Waals surface area contributed by atoms with Crippen molar-refractivity contribution in [3.63, 3.8) is 0 Å². The summed E-state index contributed by atoms with van der Waals surface area (Å²) >= 11 is 0. The van der Waals surface area contributed by atoms with Gasteiger partial charge in [-0.05, 0) is 31.9 Å². The lowest BCUT2D eigenvalue weighted by Gasteiger charge is -2.43. The molecule has 0 aliphatic carbocycles. The molecular formula is C18H25N3. The minimum Gasteiger partial charge on any atom is -0.315 e. The number of nitrogens with zero attached hydrogens (tertiary/aromatic N) is 2. The molecule has 112 valence electrons. The Morgan fingerprint density at radius 2 is 2.05 bits per heavy atom. The zero-order valence-corrected chi connectivity index (χ0v) is 13.3. The molecule has 2 aromatic rings. The van der Waals surface area contributed by atoms with Crippen LogP contribution in [0.3, 0.4) is 0 Å². The van der Waals surface area contributed by atoms with Crippen molar-refractivity contribution in [3.05, 3.63) is 52.8 Å². The van der Waals surface area contributed by atoms with E-state index in [1.165, 1.54) is 22.5 Å². The SMILES string of the molecule is CCc1cc(CC2(c3cccc(C)c3)CNC2)n(CC)n1. The van der Waals surface area contributed by atoms with E-state index in [0.717, 1.165) is 32.5 Å². The Morgan fingerprint density at radius 3 is 2.62 bits per heavy atom. The van der Waals surface area contributed by atoms with Gasteiger partial charge in [-0.2, -0.15) is 5.10 Å². The van der Waals surface area contributed by atoms with Crippen LogP contribution in [0.1, 0.15) is 36.4 Å². The van der Waals surface area contributed by atoms with Gasteiger partial charge in [-0.25, -0.2) is 0 Å². The van der Waals surface area contributed by atoms with Gasteiger partial charge < -0.3 is 5.32 Å². The van der Waals surface area contributed by atoms with Gasteiger partial charge in [0.1, 0.15) is 0 Å². The molecule has 1 aliphatic heterocycles. The molecular weight excluding hydrogens is 258 g/mol. The Bertz CT molecular complexity index is 623. The quantitative estimate of drug-likeness (QED) is 0.914. The third-order valence-electron chi connectivity index (χ3n) is 4.65. The Kier molecular flexibility index (Phi) is 3.85. The maximum atomic E-state index is 4.70. The summed E-state index contributed by atoms with van der Waals surface area (Å²) in [5, 5.41) is 8.17. The molecule has 1 fully saturated rings. The smallest absolute Gasteiger partial charge is 0.0624 e. The first-order chi connectivity index (χ1) is 10.2. The summed E-state index contributed by atoms with van der Waals surface area (Å²) in [6, 6.07) is 11.3. The number of benzene rings is 1. The molecule has 1 N–H and O–H groups in total. The van der Waals surface area contributed by atoms with Gasteiger partial charge in [-0.3, -0.25) is 4.68 Å². The summed E-state index contributed by atoms with van der Waals surface area (Å²) < 4.78 is 2.18. The molecule has 1 aliphatic rings. The maximum Gasteiger partial charge on any atom is 0.0624 e. The molecule has 3 rings (SSSR count). The van der Waals surface area contributed by atoms with Crippen LogP contribution in [0.4, 0.5) is 0 Å². The first kappa shape index (κ1) is 14.3. The second-order valence-corrected chi connectivity index (χ2v) is 6.23. The molecule has 1 aromatic heterocycles. The predicted octanol–water partition coefficient (Wildman–Crippen LogP) is 2.86. The standard InChI is InChI=1S/C18H25N3/c1-4-16-10-17(21(5-2)20-16)11-18(12-19-13-18)15-8-6-7-14(3)9-15/h6-10,19H,4-5,11-13H2,1-3H3. The van der Waals surface area contributed by atoms with E-state index >= 15 is 0 Å². The highest BCUT2D eigenvalue weighted by atomic mass is 15.3. The zero-order valence-electron chi connectivity index (χ0n) is 13.3. The molecule has 3 heteroatoms. The van der Waals surface area contributed by atoms with Crippen LogP contribution in [0, 0.1) is 6.92 Å². The third kappa shape index (κ3) is 2.62. The Hall–Kier alpha value is -1.61. The lowest BCUT2D eigenvalue weighted by atomic mass is 9.71. The van der Waals surface area contributed by atoms with Crippen LogP contribution < -0.4 is 5.32 Å². The van der Waals surface area contributed by atoms with Crippen LogP contribution in [0.15, 0.2) is 30.3 Å². The van der Waals surface area contributed by atoms with Crippen molar-refractivity contribution < 1.29 is 0 Å². The normalized spacial score (nSPS) is 16.7. The maximum absolute atomic E-state index is 4.70. The second-order valence-electron chi connectivity index (χ2n) is 6.23. The van der Waals surface area contributed by atoms with Crippen molar-refractivity contribution in [3.8, 4) is 0 Å². The topological polar surface area (TPSA) is 29.9 Å². The highest BCUT2D eigenvalue weighted by molar-refractivity contribution is 5.35. The van der Waals surface area contributed by atoms with E-state index in [0.29, 0.717) is 0 Å². The molecule has 2 heterocycles. The summed E-state index contributed by atoms with van der Waals surface area (Å²) in [6.45, 7) is 9.60. The third-order valence-corrected chi connectivity index (χ3v) is 4.65. The van der Waals surface area contributed by atoms with E-state index in [2.05, 4.69) is 61.1 Å². The van der Waals surface area contributed by atoms with Gasteiger partial charge in [0.25, 0.3) is 0 Å². The minimum atomic E-state index is 0.240. The van der Waals surface area contributed by atoms with Gasteiger partial charge in [0.15, 0.2) is 0 Å². The van der Waals surface area contributed by atoms with E-state index in [1.54, 1.807) is 0 Å². The van der Waals surface area contributed by atoms with E-state index in [1.807, 2.05) is 0 Å². The average molecular weight is 283 g/mol. The summed E-state index contributed by atoms with van der Waals surface area (Å²) in [5.74, 6) is 0. The largest absolute Gasteiger partial charge is 0.315 e. The van der Waals surface area contributed by atoms with Crippen LogP contribution in [0.2, 0.25) is 0 Å². The fraction of sp³-hybridized carbons (Fsp3) is 0.500. The molecule has 0 saturated carbocycles. The van der Waals surface area contributed by atoms with Crippen LogP contribution in [-0.4, -0.2) is 22.9 Å². The Labute approximate surface area is 127 Å². The van der Waals surface area contributed by atoms with Gasteiger partial charge in [0.05, 0.1) is 5.69 Å². The lowest BCUT2D eigenvalue weighted by molar-refractivity contribution is 0.268. The number of rotatable bonds is 5. The summed E-state index contributed by atoms with van der Waals surface area (Å²) in [4.78, 5) is 0. The van der Waals surface area contributed by atoms with Crippen LogP contribution in [0.5, 0.6) is 0 Å². The van der Waals surface area contributed by atoms with E-state index in [4.69, 9.17) is 5.10 Å². The first-order valence-corrected chi connectivity index (χ1v) is 8.00. The highest BCUT2D eigenvalue weighted by Crippen LogP contribution is 2.33. The summed E-state index contributed by atoms with van der Waals surface area (Å²) in [5.41, 5.74) is 5.63. The molecule has 21 heavy (non-hydrogen) atoms. The van der Waals surface area contributed by atoms with Gasteiger partial charge in [-0.15, -0.1) is 0 Å².